The molecule has 0 spiro atoms. The van der Waals surface area contributed by atoms with Gasteiger partial charge in [0.2, 0.25) is 0 Å². The lowest BCUT2D eigenvalue weighted by Crippen LogP contribution is -1.79. The minimum absolute atomic E-state index is 0. The number of hydrogen-bond donors (Lipinski definition) is 2. The lowest BCUT2D eigenvalue weighted by Gasteiger charge is -1.49. The Bertz CT molecular complexity index is 33.8. The van der Waals surface area contributed by atoms with Gasteiger partial charge in [0.15, 0.2) is 0 Å². The zero-order chi connectivity index (χ0) is 3.58. The molecule has 0 aromatic rings. The molecule has 0 aromatic carbocycles. The average molecular weight is 115 g/mol. The van der Waals surface area contributed by atoms with Gasteiger partial charge in [0, 0.05) is 0 Å². The van der Waals surface area contributed by atoms with Crippen LogP contribution in [0.25, 0.3) is 0 Å². The van der Waals surface area contributed by atoms with Crippen LogP contribution in [0.3, 0.4) is 0 Å². The minimum Gasteiger partial charge on any atom is -0.517 e. The van der Waals surface area contributed by atoms with Crippen molar-refractivity contribution in [3.05, 3.63) is 0 Å². The van der Waals surface area contributed by atoms with Crippen LogP contribution in [0.2, 0.25) is 0 Å². The van der Waals surface area contributed by atoms with E-state index in [0.29, 0.717) is 0 Å². The predicted molar refractivity (Wildman–Crippen MR) is 18.4 cm³/mol. The highest BCUT2D eigenvalue weighted by Gasteiger charge is 1.87. The van der Waals surface area contributed by atoms with Gasteiger partial charge in [-0.2, -0.15) is 4.11 Å². The normalized spacial score (nSPS) is 4.17. The quantitative estimate of drug-likeness (QED) is 0.303. The lowest BCUT2D eigenvalue weighted by molar-refractivity contribution is 0.390. The predicted octanol–water partition coefficient (Wildman–Crippen LogP) is -1.30. The molecule has 0 aliphatic rings. The van der Waals surface area contributed by atoms with E-state index in [0.717, 1.165) is 0 Å². The van der Waals surface area contributed by atoms with Crippen molar-refractivity contribution in [3.63, 3.8) is 0 Å². The minimum atomic E-state index is -3.63. The Hall–Kier alpha value is -0.333. The molecule has 0 radical (unpaired) electrons. The van der Waals surface area contributed by atoms with E-state index in [1.807, 2.05) is 0 Å². The van der Waals surface area contributed by atoms with Crippen LogP contribution in [0.4, 0.5) is 4.11 Å². The summed E-state index contributed by atoms with van der Waals surface area (Å²) in [6, 6.07) is 0. The van der Waals surface area contributed by atoms with E-state index in [1.54, 1.807) is 0 Å². The smallest absolute Gasteiger partial charge is 0.517 e. The molecule has 0 saturated carbocycles. The number of hydrogen-bond acceptors (Lipinski definition) is 2. The van der Waals surface area contributed by atoms with Crippen LogP contribution < -0.4 is 6.15 Å². The molecule has 0 amide bonds. The molecule has 6 heteroatoms. The van der Waals surface area contributed by atoms with Crippen molar-refractivity contribution in [1.29, 1.82) is 0 Å². The molecular weight excluding hydrogens is 109 g/mol. The third-order valence-electron chi connectivity index (χ3n) is 0. The molecule has 0 aromatic heterocycles. The van der Waals surface area contributed by atoms with Gasteiger partial charge < -0.3 is 16.4 Å². The van der Waals surface area contributed by atoms with Crippen molar-refractivity contribution in [1.82, 2.24) is 6.15 Å². The number of halogens is 1. The van der Waals surface area contributed by atoms with Gasteiger partial charge in [-0.25, -0.2) is 0 Å². The number of rotatable bonds is 0. The third kappa shape index (κ3) is 235. The second kappa shape index (κ2) is 8.82. The molecule has 0 fully saturated rings. The third-order valence-corrected chi connectivity index (χ3v) is 0. The van der Waals surface area contributed by atoms with Gasteiger partial charge in [-0.15, -0.1) is 0 Å². The Morgan fingerprint density at radius 1 is 1.67 bits per heavy atom. The first-order valence-electron chi connectivity index (χ1n) is 0.617. The van der Waals surface area contributed by atoms with Crippen molar-refractivity contribution in [3.8, 4) is 0 Å². The first kappa shape index (κ1) is 17.4. The molecule has 4 nitrogen and oxygen atoms in total. The Kier molecular flexibility index (Phi) is 25.5. The summed E-state index contributed by atoms with van der Waals surface area (Å²) >= 11 is 0. The van der Waals surface area contributed by atoms with E-state index in [1.165, 1.54) is 0 Å². The van der Waals surface area contributed by atoms with Crippen molar-refractivity contribution < 1.29 is 18.8 Å². The van der Waals surface area contributed by atoms with E-state index in [2.05, 4.69) is 0 Å². The van der Waals surface area contributed by atoms with E-state index < -0.39 is 9.26 Å². The first-order chi connectivity index (χ1) is 1.73. The van der Waals surface area contributed by atoms with Crippen LogP contribution in [0.15, 0.2) is 0 Å². The van der Waals surface area contributed by atoms with Crippen LogP contribution in [-0.2, 0) is 4.46 Å². The highest BCUT2D eigenvalue weighted by atomic mass is 28.3. The van der Waals surface area contributed by atoms with Crippen LogP contribution >= 0.6 is 0 Å². The standard InChI is InChI=1S/FHO2Si.H3N.H2O/c1-4(2)3;;/h2H;1H3;1H2. The molecule has 40 valence electrons. The van der Waals surface area contributed by atoms with Gasteiger partial charge in [-0.05, 0) is 0 Å². The molecule has 0 heterocycles. The maximum absolute atomic E-state index is 10.1. The van der Waals surface area contributed by atoms with Crippen LogP contribution in [0.5, 0.6) is 0 Å². The van der Waals surface area contributed by atoms with Gasteiger partial charge in [-0.3, -0.25) is 4.46 Å². The van der Waals surface area contributed by atoms with Crippen molar-refractivity contribution in [2.24, 2.45) is 0 Å². The Balaban J connectivity index is -0.0000000450. The Labute approximate surface area is 35.5 Å². The van der Waals surface area contributed by atoms with Crippen molar-refractivity contribution in [2.75, 3.05) is 0 Å². The van der Waals surface area contributed by atoms with Gasteiger partial charge in [0.1, 0.15) is 0 Å². The fourth-order valence-corrected chi connectivity index (χ4v) is 0. The fraction of sp³-hybridized carbons (Fsp3) is 0. The molecule has 0 aliphatic heterocycles. The van der Waals surface area contributed by atoms with E-state index >= 15 is 0 Å². The summed E-state index contributed by atoms with van der Waals surface area (Å²) in [5.41, 5.74) is 0. The van der Waals surface area contributed by atoms with Gasteiger partial charge in [-0.1, -0.05) is 0 Å². The summed E-state index contributed by atoms with van der Waals surface area (Å²) in [7, 11) is -3.63. The highest BCUT2D eigenvalue weighted by molar-refractivity contribution is 6.23. The lowest BCUT2D eigenvalue weighted by atomic mass is 14.0. The summed E-state index contributed by atoms with van der Waals surface area (Å²) in [6.45, 7) is 0. The summed E-state index contributed by atoms with van der Waals surface area (Å²) < 4.78 is 18.6. The molecule has 6 heavy (non-hydrogen) atoms. The Morgan fingerprint density at radius 3 is 1.67 bits per heavy atom. The molecular formula is H6FNO3Si. The zero-order valence-corrected chi connectivity index (χ0v) is 3.94. The van der Waals surface area contributed by atoms with E-state index in [4.69, 9.17) is 9.26 Å². The monoisotopic (exact) mass is 115 g/mol. The molecule has 0 rings (SSSR count). The molecule has 6 N–H and O–H groups in total. The summed E-state index contributed by atoms with van der Waals surface area (Å²) in [6.07, 6.45) is 0. The van der Waals surface area contributed by atoms with Crippen LogP contribution in [0.1, 0.15) is 0 Å². The SMILES string of the molecule is N.O.O=[Si](O)F. The Morgan fingerprint density at radius 2 is 1.67 bits per heavy atom. The molecule has 0 aliphatic carbocycles. The first-order valence-corrected chi connectivity index (χ1v) is 1.85. The molecule has 0 unspecified atom stereocenters. The summed E-state index contributed by atoms with van der Waals surface area (Å²) in [5, 5.41) is 0. The van der Waals surface area contributed by atoms with Crippen LogP contribution in [-0.4, -0.2) is 19.5 Å². The summed E-state index contributed by atoms with van der Waals surface area (Å²) in [5.74, 6) is 0. The van der Waals surface area contributed by atoms with Gasteiger partial charge in [0.05, 0.1) is 0 Å². The van der Waals surface area contributed by atoms with Gasteiger partial charge in [0.25, 0.3) is 0 Å². The average Bonchev–Trinajstić information content (AvgIpc) is 0.811. The zero-order valence-electron chi connectivity index (χ0n) is 2.94. The maximum Gasteiger partial charge on any atom is 0.734 e. The second-order valence-electron chi connectivity index (χ2n) is 0.253. The largest absolute Gasteiger partial charge is 0.734 e. The fourth-order valence-electron chi connectivity index (χ4n) is 0. The second-order valence-corrected chi connectivity index (χ2v) is 0.759. The molecule has 0 atom stereocenters. The highest BCUT2D eigenvalue weighted by Crippen LogP contribution is 1.46. The molecule has 0 saturated heterocycles. The van der Waals surface area contributed by atoms with Crippen molar-refractivity contribution in [2.45, 2.75) is 0 Å². The van der Waals surface area contributed by atoms with Gasteiger partial charge >= 0.3 is 9.26 Å². The summed E-state index contributed by atoms with van der Waals surface area (Å²) in [4.78, 5) is 6.94. The maximum atomic E-state index is 10.1. The topological polar surface area (TPSA) is 104 Å². The van der Waals surface area contributed by atoms with Crippen molar-refractivity contribution >= 4 is 9.26 Å². The van der Waals surface area contributed by atoms with Crippen LogP contribution in [0, 0.1) is 0 Å². The molecule has 0 bridgehead atoms. The van der Waals surface area contributed by atoms with E-state index in [9.17, 15) is 4.11 Å². The van der Waals surface area contributed by atoms with E-state index in [-0.39, 0.29) is 11.6 Å².